The summed E-state index contributed by atoms with van der Waals surface area (Å²) in [6.07, 6.45) is -0.430. The van der Waals surface area contributed by atoms with E-state index >= 15 is 0 Å². The molecule has 5 amide bonds. The molecule has 103 heavy (non-hydrogen) atoms. The van der Waals surface area contributed by atoms with Crippen LogP contribution in [0.4, 0.5) is 9.59 Å². The van der Waals surface area contributed by atoms with E-state index in [0.29, 0.717) is 11.4 Å². The van der Waals surface area contributed by atoms with Crippen LogP contribution in [0.1, 0.15) is 143 Å². The molecule has 5 N–H and O–H groups in total. The van der Waals surface area contributed by atoms with E-state index in [0.717, 1.165) is 89.3 Å². The number of Topliss-reactive ketones (excluding diaryl/α,β-unsaturated/α-hetero) is 1. The monoisotopic (exact) mass is 1390 g/mol. The first kappa shape index (κ1) is 71.2. The van der Waals surface area contributed by atoms with E-state index in [-0.39, 0.29) is 61.5 Å². The summed E-state index contributed by atoms with van der Waals surface area (Å²) in [5.74, 6) is -1.90. The van der Waals surface area contributed by atoms with Gasteiger partial charge in [-0.05, 0) is 90.7 Å². The maximum Gasteiger partial charge on any atom is 0.407 e. The van der Waals surface area contributed by atoms with Crippen molar-refractivity contribution >= 4 is 47.0 Å². The molecule has 0 bridgehead atoms. The standard InChI is InChI=1S/C44H43N3O5.C43H40N4O3S/c1-3-30(2)40(48)28-45-42(50)39(46-43(51)52-29-38-36-25-15-13-23-34(36)35-24-14-16-26-37(35)38)27-41(49)47-44(31-17-7-4-8-18-31,32-19-9-5-10-20-32)33-21-11-6-12-22-33;1-3-29(2)40-46-47-41(51-40)38(44-42(49)50-28-37-35-25-15-13-23-33(35)34-24-14-16-26-36(34)37)27-39(48)45-43(30-17-7-4-8-18-30,31-19-9-5-10-20-31)32-21-11-6-12-22-32/h4-26,30,38-39H,3,27-29H2,1-2H3,(H,45,50)(H,46,51)(H,47,49);4-26,29,37-38H,3,27-28H2,1-2H3,(H,44,49)(H,45,48)/t30-,39-;29-,38-/m00/s1. The maximum atomic E-state index is 14.4. The van der Waals surface area contributed by atoms with Crippen LogP contribution in [0.15, 0.2) is 279 Å². The lowest BCUT2D eigenvalue weighted by molar-refractivity contribution is -0.130. The average molecular weight is 1390 g/mol. The Morgan fingerprint density at radius 1 is 0.408 bits per heavy atom. The molecule has 2 aliphatic rings. The lowest BCUT2D eigenvalue weighted by atomic mass is 9.77. The van der Waals surface area contributed by atoms with Crippen molar-refractivity contribution in [1.29, 1.82) is 0 Å². The van der Waals surface area contributed by atoms with Gasteiger partial charge in [0.25, 0.3) is 0 Å². The van der Waals surface area contributed by atoms with Crippen molar-refractivity contribution in [2.45, 2.75) is 94.3 Å². The Kier molecular flexibility index (Phi) is 23.0. The summed E-state index contributed by atoms with van der Waals surface area (Å²) in [7, 11) is 0. The van der Waals surface area contributed by atoms with Crippen LogP contribution in [-0.4, -0.2) is 71.7 Å². The molecule has 2 aliphatic carbocycles. The van der Waals surface area contributed by atoms with Crippen LogP contribution in [0, 0.1) is 5.92 Å². The van der Waals surface area contributed by atoms with Crippen LogP contribution >= 0.6 is 11.3 Å². The van der Waals surface area contributed by atoms with Crippen LogP contribution in [0.25, 0.3) is 22.3 Å². The van der Waals surface area contributed by atoms with E-state index in [1.807, 2.05) is 262 Å². The minimum Gasteiger partial charge on any atom is -0.449 e. The number of rotatable bonds is 26. The summed E-state index contributed by atoms with van der Waals surface area (Å²) in [6.45, 7) is 7.86. The molecule has 13 rings (SSSR count). The van der Waals surface area contributed by atoms with E-state index in [9.17, 15) is 28.8 Å². The van der Waals surface area contributed by atoms with Gasteiger partial charge in [-0.1, -0.05) is 318 Å². The van der Waals surface area contributed by atoms with Crippen LogP contribution in [-0.2, 0) is 39.7 Å². The Labute approximate surface area is 605 Å². The highest BCUT2D eigenvalue weighted by Gasteiger charge is 2.42. The lowest BCUT2D eigenvalue weighted by Gasteiger charge is -2.37. The quantitative estimate of drug-likeness (QED) is 0.0324. The second-order valence-corrected chi connectivity index (χ2v) is 27.1. The van der Waals surface area contributed by atoms with E-state index in [1.165, 1.54) is 11.3 Å². The van der Waals surface area contributed by atoms with Gasteiger partial charge in [-0.15, -0.1) is 10.2 Å². The second kappa shape index (κ2) is 33.2. The van der Waals surface area contributed by atoms with Crippen molar-refractivity contribution in [1.82, 2.24) is 36.8 Å². The van der Waals surface area contributed by atoms with Crippen molar-refractivity contribution in [3.63, 3.8) is 0 Å². The zero-order chi connectivity index (χ0) is 71.7. The molecule has 11 aromatic rings. The Balaban J connectivity index is 0.000000194. The second-order valence-electron chi connectivity index (χ2n) is 26.0. The molecule has 0 aliphatic heterocycles. The molecule has 4 atom stereocenters. The first-order valence-corrected chi connectivity index (χ1v) is 35.9. The Bertz CT molecular complexity index is 4430. The predicted molar refractivity (Wildman–Crippen MR) is 403 cm³/mol. The first-order chi connectivity index (χ1) is 50.3. The van der Waals surface area contributed by atoms with Crippen LogP contribution in [0.5, 0.6) is 0 Å². The molecule has 520 valence electrons. The number of hydrogen-bond acceptors (Lipinski definition) is 11. The van der Waals surface area contributed by atoms with Gasteiger partial charge >= 0.3 is 12.2 Å². The molecule has 0 spiro atoms. The fourth-order valence-corrected chi connectivity index (χ4v) is 14.9. The number of fused-ring (bicyclic) bond motifs is 6. The van der Waals surface area contributed by atoms with Crippen molar-refractivity contribution in [2.75, 3.05) is 19.8 Å². The van der Waals surface area contributed by atoms with Gasteiger partial charge < -0.3 is 36.1 Å². The lowest BCUT2D eigenvalue weighted by Crippen LogP contribution is -2.53. The number of ether oxygens (including phenoxy) is 2. The Hall–Kier alpha value is -11.6. The first-order valence-electron chi connectivity index (χ1n) is 35.1. The smallest absolute Gasteiger partial charge is 0.407 e. The fraction of sp³-hybridized carbons (Fsp3) is 0.218. The number of carbonyl (C=O) groups excluding carboxylic acids is 6. The highest BCUT2D eigenvalue weighted by Crippen LogP contribution is 2.47. The molecule has 10 aromatic carbocycles. The fourth-order valence-electron chi connectivity index (χ4n) is 13.9. The third kappa shape index (κ3) is 16.0. The van der Waals surface area contributed by atoms with Gasteiger partial charge in [0.1, 0.15) is 40.3 Å². The number of nitrogens with one attached hydrogen (secondary N) is 5. The number of ketones is 1. The number of alkyl carbamates (subject to hydrolysis) is 2. The summed E-state index contributed by atoms with van der Waals surface area (Å²) in [5.41, 5.74) is 11.9. The van der Waals surface area contributed by atoms with Gasteiger partial charge in [-0.25, -0.2) is 9.59 Å². The maximum absolute atomic E-state index is 14.4. The van der Waals surface area contributed by atoms with Crippen molar-refractivity contribution in [2.24, 2.45) is 5.92 Å². The zero-order valence-corrected chi connectivity index (χ0v) is 58.9. The molecule has 15 nitrogen and oxygen atoms in total. The molecular weight excluding hydrogens is 1300 g/mol. The molecule has 0 radical (unpaired) electrons. The number of nitrogens with zero attached hydrogens (tertiary/aromatic N) is 2. The van der Waals surface area contributed by atoms with Gasteiger partial charge in [0.2, 0.25) is 17.7 Å². The van der Waals surface area contributed by atoms with Gasteiger partial charge in [0.05, 0.1) is 25.4 Å². The van der Waals surface area contributed by atoms with Gasteiger partial charge in [-0.2, -0.15) is 0 Å². The molecule has 1 aromatic heterocycles. The summed E-state index contributed by atoms with van der Waals surface area (Å²) in [4.78, 5) is 82.1. The molecule has 0 unspecified atom stereocenters. The average Bonchev–Trinajstić information content (AvgIpc) is 1.58. The molecule has 0 fully saturated rings. The Morgan fingerprint density at radius 3 is 1.08 bits per heavy atom. The minimum atomic E-state index is -1.33. The SMILES string of the molecule is CC[C@H](C)C(=O)CNC(=O)[C@H](CC(=O)NC(c1ccccc1)(c1ccccc1)c1ccccc1)NC(=O)OCC1c2ccccc2-c2ccccc21.CC[C@H](C)c1nnc([C@H](CC(=O)NC(c2ccccc2)(c2ccccc2)c2ccccc2)NC(=O)OCC2c3ccccc3-c3ccccc32)s1. The molecule has 0 saturated carbocycles. The highest BCUT2D eigenvalue weighted by atomic mass is 32.1. The number of hydrogen-bond donors (Lipinski definition) is 5. The topological polar surface area (TPSA) is 207 Å². The minimum absolute atomic E-state index is 0.0338. The van der Waals surface area contributed by atoms with Crippen LogP contribution in [0.2, 0.25) is 0 Å². The normalized spacial score (nSPS) is 13.3. The predicted octanol–water partition coefficient (Wildman–Crippen LogP) is 16.3. The molecule has 1 heterocycles. The van der Waals surface area contributed by atoms with E-state index < -0.39 is 53.6 Å². The third-order valence-corrected chi connectivity index (χ3v) is 20.9. The van der Waals surface area contributed by atoms with Gasteiger partial charge in [-0.3, -0.25) is 19.2 Å². The zero-order valence-electron chi connectivity index (χ0n) is 58.0. The largest absolute Gasteiger partial charge is 0.449 e. The highest BCUT2D eigenvalue weighted by molar-refractivity contribution is 7.11. The van der Waals surface area contributed by atoms with Crippen LogP contribution in [0.3, 0.4) is 0 Å². The van der Waals surface area contributed by atoms with Gasteiger partial charge in [0.15, 0.2) is 5.78 Å². The van der Waals surface area contributed by atoms with Gasteiger partial charge in [0, 0.05) is 23.7 Å². The summed E-state index contributed by atoms with van der Waals surface area (Å²) >= 11 is 1.42. The number of aromatic nitrogens is 2. The van der Waals surface area contributed by atoms with Crippen molar-refractivity contribution in [3.8, 4) is 22.3 Å². The van der Waals surface area contributed by atoms with E-state index in [2.05, 4.69) is 74.9 Å². The molecular formula is C87H83N7O8S. The number of carbonyl (C=O) groups is 6. The van der Waals surface area contributed by atoms with E-state index in [1.54, 1.807) is 6.92 Å². The summed E-state index contributed by atoms with van der Waals surface area (Å²) < 4.78 is 11.7. The van der Waals surface area contributed by atoms with Crippen molar-refractivity contribution in [3.05, 3.63) is 345 Å². The van der Waals surface area contributed by atoms with Crippen LogP contribution < -0.4 is 26.6 Å². The molecule has 0 saturated heterocycles. The summed E-state index contributed by atoms with van der Waals surface area (Å²) in [6, 6.07) is 89.1. The third-order valence-electron chi connectivity index (χ3n) is 19.6. The molecule has 16 heteroatoms. The van der Waals surface area contributed by atoms with E-state index in [4.69, 9.17) is 9.47 Å². The van der Waals surface area contributed by atoms with Crippen molar-refractivity contribution < 1.29 is 38.2 Å². The Morgan fingerprint density at radius 2 is 0.728 bits per heavy atom. The summed E-state index contributed by atoms with van der Waals surface area (Å²) in [5, 5.41) is 25.3. The number of benzene rings is 10. The number of amides is 5.